The van der Waals surface area contributed by atoms with E-state index in [1.54, 1.807) is 30.3 Å². The van der Waals surface area contributed by atoms with Crippen LogP contribution in [0.25, 0.3) is 0 Å². The maximum absolute atomic E-state index is 12.7. The topological polar surface area (TPSA) is 77.0 Å². The first-order valence-electron chi connectivity index (χ1n) is 8.20. The van der Waals surface area contributed by atoms with Crippen molar-refractivity contribution in [2.45, 2.75) is 32.6 Å². The number of nitrogens with one attached hydrogen (secondary N) is 3. The Hall–Kier alpha value is -3.21. The van der Waals surface area contributed by atoms with Gasteiger partial charge in [-0.1, -0.05) is 12.1 Å². The van der Waals surface area contributed by atoms with E-state index in [1.165, 1.54) is 6.07 Å². The van der Waals surface area contributed by atoms with Crippen LogP contribution in [0.15, 0.2) is 42.5 Å². The summed E-state index contributed by atoms with van der Waals surface area (Å²) >= 11 is 0. The van der Waals surface area contributed by atoms with Crippen LogP contribution in [0.1, 0.15) is 30.5 Å². The van der Waals surface area contributed by atoms with Crippen molar-refractivity contribution in [1.82, 2.24) is 5.32 Å². The van der Waals surface area contributed by atoms with Crippen LogP contribution in [-0.2, 0) is 12.7 Å². The average Bonchev–Trinajstić information content (AvgIpc) is 2.59. The van der Waals surface area contributed by atoms with Crippen LogP contribution < -0.4 is 16.0 Å². The summed E-state index contributed by atoms with van der Waals surface area (Å²) in [6.45, 7) is 4.02. The molecule has 0 aliphatic heterocycles. The first-order chi connectivity index (χ1) is 12.7. The fourth-order valence-corrected chi connectivity index (χ4v) is 2.30. The number of nitrogens with zero attached hydrogens (tertiary/aromatic N) is 1. The number of hydrogen-bond acceptors (Lipinski definition) is 3. The number of carbonyl (C=O) groups is 1. The SMILES string of the molecule is CC(C)NC(=O)Nc1ccc(CNc2ccc(C(F)(F)F)cc2C#N)cc1. The molecule has 0 fully saturated rings. The Morgan fingerprint density at radius 3 is 2.37 bits per heavy atom. The normalized spacial score (nSPS) is 11.0. The highest BCUT2D eigenvalue weighted by Gasteiger charge is 2.31. The van der Waals surface area contributed by atoms with Gasteiger partial charge in [-0.05, 0) is 49.7 Å². The van der Waals surface area contributed by atoms with Crippen molar-refractivity contribution in [2.24, 2.45) is 0 Å². The summed E-state index contributed by atoms with van der Waals surface area (Å²) in [6, 6.07) is 11.5. The van der Waals surface area contributed by atoms with Crippen LogP contribution in [0.3, 0.4) is 0 Å². The summed E-state index contributed by atoms with van der Waals surface area (Å²) < 4.78 is 38.2. The molecule has 0 saturated carbocycles. The Bertz CT molecular complexity index is 840. The maximum Gasteiger partial charge on any atom is 0.416 e. The molecule has 0 heterocycles. The zero-order chi connectivity index (χ0) is 20.0. The molecular formula is C19H19F3N4O. The van der Waals surface area contributed by atoms with E-state index in [0.29, 0.717) is 17.9 Å². The van der Waals surface area contributed by atoms with E-state index in [4.69, 9.17) is 5.26 Å². The number of hydrogen-bond donors (Lipinski definition) is 3. The minimum atomic E-state index is -4.49. The molecule has 0 unspecified atom stereocenters. The third-order valence-electron chi connectivity index (χ3n) is 3.58. The van der Waals surface area contributed by atoms with Gasteiger partial charge in [0, 0.05) is 18.3 Å². The van der Waals surface area contributed by atoms with Crippen molar-refractivity contribution in [3.8, 4) is 6.07 Å². The van der Waals surface area contributed by atoms with E-state index in [0.717, 1.165) is 17.7 Å². The summed E-state index contributed by atoms with van der Waals surface area (Å²) in [7, 11) is 0. The molecule has 3 N–H and O–H groups in total. The number of amides is 2. The Morgan fingerprint density at radius 2 is 1.81 bits per heavy atom. The quantitative estimate of drug-likeness (QED) is 0.707. The Morgan fingerprint density at radius 1 is 1.15 bits per heavy atom. The van der Waals surface area contributed by atoms with E-state index in [2.05, 4.69) is 16.0 Å². The van der Waals surface area contributed by atoms with Gasteiger partial charge in [-0.25, -0.2) is 4.79 Å². The summed E-state index contributed by atoms with van der Waals surface area (Å²) in [4.78, 5) is 11.6. The van der Waals surface area contributed by atoms with E-state index in [-0.39, 0.29) is 17.6 Å². The first kappa shape index (κ1) is 20.1. The number of nitriles is 1. The Kier molecular flexibility index (Phi) is 6.29. The van der Waals surface area contributed by atoms with Gasteiger partial charge in [0.05, 0.1) is 16.8 Å². The molecule has 0 aromatic heterocycles. The monoisotopic (exact) mass is 376 g/mol. The molecule has 0 bridgehead atoms. The molecule has 2 amide bonds. The lowest BCUT2D eigenvalue weighted by atomic mass is 10.1. The molecule has 2 rings (SSSR count). The molecule has 2 aromatic rings. The van der Waals surface area contributed by atoms with Crippen molar-refractivity contribution in [3.05, 3.63) is 59.2 Å². The van der Waals surface area contributed by atoms with E-state index >= 15 is 0 Å². The number of rotatable bonds is 5. The smallest absolute Gasteiger partial charge is 0.380 e. The molecular weight excluding hydrogens is 357 g/mol. The van der Waals surface area contributed by atoms with Crippen LogP contribution in [0.2, 0.25) is 0 Å². The second-order valence-electron chi connectivity index (χ2n) is 6.17. The van der Waals surface area contributed by atoms with Crippen LogP contribution in [-0.4, -0.2) is 12.1 Å². The van der Waals surface area contributed by atoms with Gasteiger partial charge >= 0.3 is 12.2 Å². The van der Waals surface area contributed by atoms with E-state index in [1.807, 2.05) is 13.8 Å². The van der Waals surface area contributed by atoms with Crippen LogP contribution >= 0.6 is 0 Å². The van der Waals surface area contributed by atoms with Gasteiger partial charge in [-0.3, -0.25) is 0 Å². The standard InChI is InChI=1S/C19H19F3N4O/c1-12(2)25-18(27)26-16-6-3-13(4-7-16)11-24-17-8-5-15(19(20,21)22)9-14(17)10-23/h3-9,12,24H,11H2,1-2H3,(H2,25,26,27). The van der Waals surface area contributed by atoms with Crippen molar-refractivity contribution in [2.75, 3.05) is 10.6 Å². The third-order valence-corrected chi connectivity index (χ3v) is 3.58. The zero-order valence-electron chi connectivity index (χ0n) is 14.8. The van der Waals surface area contributed by atoms with Gasteiger partial charge in [0.1, 0.15) is 6.07 Å². The van der Waals surface area contributed by atoms with Gasteiger partial charge in [-0.15, -0.1) is 0 Å². The zero-order valence-corrected chi connectivity index (χ0v) is 14.8. The molecule has 27 heavy (non-hydrogen) atoms. The molecule has 0 radical (unpaired) electrons. The Balaban J connectivity index is 2.01. The second-order valence-corrected chi connectivity index (χ2v) is 6.17. The van der Waals surface area contributed by atoms with E-state index in [9.17, 15) is 18.0 Å². The summed E-state index contributed by atoms with van der Waals surface area (Å²) in [5, 5.41) is 17.4. The molecule has 2 aromatic carbocycles. The largest absolute Gasteiger partial charge is 0.416 e. The van der Waals surface area contributed by atoms with Crippen LogP contribution in [0, 0.1) is 11.3 Å². The number of halogens is 3. The van der Waals surface area contributed by atoms with Crippen molar-refractivity contribution in [1.29, 1.82) is 5.26 Å². The number of urea groups is 1. The number of carbonyl (C=O) groups excluding carboxylic acids is 1. The maximum atomic E-state index is 12.7. The highest BCUT2D eigenvalue weighted by Crippen LogP contribution is 2.31. The van der Waals surface area contributed by atoms with Gasteiger partial charge in [-0.2, -0.15) is 18.4 Å². The second kappa shape index (κ2) is 8.45. The fourth-order valence-electron chi connectivity index (χ4n) is 2.30. The summed E-state index contributed by atoms with van der Waals surface area (Å²) in [5.74, 6) is 0. The molecule has 0 aliphatic carbocycles. The van der Waals surface area contributed by atoms with Crippen LogP contribution in [0.4, 0.5) is 29.3 Å². The molecule has 0 saturated heterocycles. The summed E-state index contributed by atoms with van der Waals surface area (Å²) in [6.07, 6.45) is -4.49. The Labute approximate surface area is 155 Å². The summed E-state index contributed by atoms with van der Waals surface area (Å²) in [5.41, 5.74) is 0.843. The predicted molar refractivity (Wildman–Crippen MR) is 97.2 cm³/mol. The lowest BCUT2D eigenvalue weighted by Gasteiger charge is -2.13. The molecule has 8 heteroatoms. The molecule has 0 spiro atoms. The number of benzene rings is 2. The average molecular weight is 376 g/mol. The van der Waals surface area contributed by atoms with Gasteiger partial charge in [0.25, 0.3) is 0 Å². The third kappa shape index (κ3) is 5.92. The van der Waals surface area contributed by atoms with Gasteiger partial charge < -0.3 is 16.0 Å². The molecule has 5 nitrogen and oxygen atoms in total. The van der Waals surface area contributed by atoms with E-state index < -0.39 is 11.7 Å². The fraction of sp³-hybridized carbons (Fsp3) is 0.263. The molecule has 0 atom stereocenters. The van der Waals surface area contributed by atoms with Crippen molar-refractivity contribution >= 4 is 17.4 Å². The van der Waals surface area contributed by atoms with Gasteiger partial charge in [0.15, 0.2) is 0 Å². The van der Waals surface area contributed by atoms with Crippen LogP contribution in [0.5, 0.6) is 0 Å². The number of anilines is 2. The predicted octanol–water partition coefficient (Wildman–Crippen LogP) is 4.72. The molecule has 0 aliphatic rings. The minimum absolute atomic E-state index is 0.0199. The van der Waals surface area contributed by atoms with Crippen molar-refractivity contribution in [3.63, 3.8) is 0 Å². The highest BCUT2D eigenvalue weighted by atomic mass is 19.4. The van der Waals surface area contributed by atoms with Gasteiger partial charge in [0.2, 0.25) is 0 Å². The number of alkyl halides is 3. The highest BCUT2D eigenvalue weighted by molar-refractivity contribution is 5.89. The lowest BCUT2D eigenvalue weighted by Crippen LogP contribution is -2.34. The lowest BCUT2D eigenvalue weighted by molar-refractivity contribution is -0.137. The minimum Gasteiger partial charge on any atom is -0.380 e. The molecule has 142 valence electrons. The van der Waals surface area contributed by atoms with Crippen molar-refractivity contribution < 1.29 is 18.0 Å². The first-order valence-corrected chi connectivity index (χ1v) is 8.20.